The van der Waals surface area contributed by atoms with Gasteiger partial charge in [-0.3, -0.25) is 0 Å². The van der Waals surface area contributed by atoms with Gasteiger partial charge in [0, 0.05) is 5.02 Å². The van der Waals surface area contributed by atoms with Crippen LogP contribution in [0.1, 0.15) is 5.56 Å². The second-order valence-corrected chi connectivity index (χ2v) is 5.61. The molecule has 2 aromatic rings. The average Bonchev–Trinajstić information content (AvgIpc) is 2.40. The Labute approximate surface area is 115 Å². The maximum Gasteiger partial charge on any atom is 0.339 e. The first-order valence-corrected chi connectivity index (χ1v) is 7.00. The minimum Gasteiger partial charge on any atom is -0.379 e. The van der Waals surface area contributed by atoms with Crippen LogP contribution < -0.4 is 4.18 Å². The highest BCUT2D eigenvalue weighted by atomic mass is 35.5. The Morgan fingerprint density at radius 1 is 1.00 bits per heavy atom. The molecule has 0 unspecified atom stereocenters. The van der Waals surface area contributed by atoms with Crippen LogP contribution in [0.25, 0.3) is 0 Å². The molecule has 6 heteroatoms. The van der Waals surface area contributed by atoms with Crippen molar-refractivity contribution in [1.82, 2.24) is 0 Å². The normalized spacial score (nSPS) is 10.7. The largest absolute Gasteiger partial charge is 0.379 e. The fourth-order valence-corrected chi connectivity index (χ4v) is 2.42. The lowest BCUT2D eigenvalue weighted by Crippen LogP contribution is -2.09. The molecule has 0 saturated carbocycles. The van der Waals surface area contributed by atoms with E-state index in [0.717, 1.165) is 0 Å². The van der Waals surface area contributed by atoms with Gasteiger partial charge in [0.15, 0.2) is 0 Å². The van der Waals surface area contributed by atoms with Gasteiger partial charge < -0.3 is 4.18 Å². The van der Waals surface area contributed by atoms with Crippen LogP contribution in [0.3, 0.4) is 0 Å². The molecule has 0 aliphatic carbocycles. The van der Waals surface area contributed by atoms with Crippen LogP contribution in [0.5, 0.6) is 5.75 Å². The zero-order chi connectivity index (χ0) is 13.9. The van der Waals surface area contributed by atoms with Gasteiger partial charge in [-0.1, -0.05) is 11.6 Å². The summed E-state index contributed by atoms with van der Waals surface area (Å²) in [6.45, 7) is 0. The smallest absolute Gasteiger partial charge is 0.339 e. The third kappa shape index (κ3) is 3.25. The first kappa shape index (κ1) is 13.4. The summed E-state index contributed by atoms with van der Waals surface area (Å²) in [5, 5.41) is 9.09. The highest BCUT2D eigenvalue weighted by Gasteiger charge is 2.16. The van der Waals surface area contributed by atoms with E-state index in [-0.39, 0.29) is 10.6 Å². The molecule has 0 bridgehead atoms. The van der Waals surface area contributed by atoms with Gasteiger partial charge >= 0.3 is 10.1 Å². The van der Waals surface area contributed by atoms with E-state index in [4.69, 9.17) is 21.0 Å². The Balaban J connectivity index is 2.26. The molecule has 0 radical (unpaired) electrons. The van der Waals surface area contributed by atoms with Gasteiger partial charge in [-0.05, 0) is 48.5 Å². The van der Waals surface area contributed by atoms with Crippen molar-refractivity contribution in [3.63, 3.8) is 0 Å². The molecule has 0 N–H and O–H groups in total. The lowest BCUT2D eigenvalue weighted by molar-refractivity contribution is 0.486. The Hall–Kier alpha value is -2.03. The molecule has 0 saturated heterocycles. The lowest BCUT2D eigenvalue weighted by atomic mass is 10.2. The summed E-state index contributed by atoms with van der Waals surface area (Å²) in [5.41, 5.74) is 0.427. The molecule has 0 spiro atoms. The van der Waals surface area contributed by atoms with Gasteiger partial charge in [0.2, 0.25) is 0 Å². The second kappa shape index (κ2) is 5.31. The van der Waals surface area contributed by atoms with E-state index in [9.17, 15) is 8.42 Å². The first-order valence-electron chi connectivity index (χ1n) is 5.21. The summed E-state index contributed by atoms with van der Waals surface area (Å²) in [6, 6.07) is 13.4. The quantitative estimate of drug-likeness (QED) is 0.816. The van der Waals surface area contributed by atoms with Gasteiger partial charge in [0.05, 0.1) is 11.6 Å². The summed E-state index contributed by atoms with van der Waals surface area (Å²) in [5.74, 6) is 0.147. The molecule has 19 heavy (non-hydrogen) atoms. The Morgan fingerprint density at radius 2 is 1.58 bits per heavy atom. The molecular weight excluding hydrogens is 286 g/mol. The van der Waals surface area contributed by atoms with Crippen LogP contribution in [0.4, 0.5) is 0 Å². The standard InChI is InChI=1S/C13H8ClNO3S/c14-11-3-7-13(8-4-11)19(16,17)18-12-5-1-10(9-15)2-6-12/h1-8H. The van der Waals surface area contributed by atoms with Crippen LogP contribution in [0.15, 0.2) is 53.4 Å². The van der Waals surface area contributed by atoms with Crippen molar-refractivity contribution in [3.05, 3.63) is 59.1 Å². The Bertz CT molecular complexity index is 716. The van der Waals surface area contributed by atoms with E-state index >= 15 is 0 Å². The number of nitriles is 1. The molecule has 0 aliphatic rings. The maximum atomic E-state index is 11.9. The van der Waals surface area contributed by atoms with E-state index in [1.54, 1.807) is 0 Å². The van der Waals surface area contributed by atoms with Crippen LogP contribution in [0, 0.1) is 11.3 Å². The summed E-state index contributed by atoms with van der Waals surface area (Å²) >= 11 is 5.69. The van der Waals surface area contributed by atoms with Gasteiger partial charge in [-0.15, -0.1) is 0 Å². The highest BCUT2D eigenvalue weighted by molar-refractivity contribution is 7.87. The number of rotatable bonds is 3. The fourth-order valence-electron chi connectivity index (χ4n) is 1.36. The summed E-state index contributed by atoms with van der Waals surface area (Å²) in [7, 11) is -3.89. The second-order valence-electron chi connectivity index (χ2n) is 3.63. The minimum absolute atomic E-state index is 0.0151. The van der Waals surface area contributed by atoms with Gasteiger partial charge in [0.25, 0.3) is 0 Å². The van der Waals surface area contributed by atoms with E-state index in [1.165, 1.54) is 48.5 Å². The van der Waals surface area contributed by atoms with Crippen molar-refractivity contribution in [3.8, 4) is 11.8 Å². The van der Waals surface area contributed by atoms with Gasteiger partial charge in [-0.2, -0.15) is 13.7 Å². The number of nitrogens with zero attached hydrogens (tertiary/aromatic N) is 1. The zero-order valence-electron chi connectivity index (χ0n) is 9.58. The van der Waals surface area contributed by atoms with Gasteiger partial charge in [-0.25, -0.2) is 0 Å². The maximum absolute atomic E-state index is 11.9. The van der Waals surface area contributed by atoms with Crippen LogP contribution in [0.2, 0.25) is 5.02 Å². The predicted octanol–water partition coefficient (Wildman–Crippen LogP) is 2.98. The molecule has 2 rings (SSSR count). The van der Waals surface area contributed by atoms with Crippen LogP contribution >= 0.6 is 11.6 Å². The van der Waals surface area contributed by atoms with E-state index in [1.807, 2.05) is 6.07 Å². The molecule has 0 amide bonds. The number of hydrogen-bond donors (Lipinski definition) is 0. The summed E-state index contributed by atoms with van der Waals surface area (Å²) < 4.78 is 28.8. The van der Waals surface area contributed by atoms with E-state index < -0.39 is 10.1 Å². The predicted molar refractivity (Wildman–Crippen MR) is 70.4 cm³/mol. The molecule has 96 valence electrons. The summed E-state index contributed by atoms with van der Waals surface area (Å²) in [6.07, 6.45) is 0. The molecule has 0 atom stereocenters. The average molecular weight is 294 g/mol. The third-order valence-electron chi connectivity index (χ3n) is 2.29. The summed E-state index contributed by atoms with van der Waals surface area (Å²) in [4.78, 5) is 0.0151. The Kier molecular flexibility index (Phi) is 3.74. The zero-order valence-corrected chi connectivity index (χ0v) is 11.1. The molecule has 2 aromatic carbocycles. The molecule has 0 aromatic heterocycles. The number of benzene rings is 2. The van der Waals surface area contributed by atoms with Crippen LogP contribution in [-0.4, -0.2) is 8.42 Å². The molecule has 0 fully saturated rings. The molecule has 0 heterocycles. The lowest BCUT2D eigenvalue weighted by Gasteiger charge is -2.06. The molecule has 0 aliphatic heterocycles. The van der Waals surface area contributed by atoms with Crippen molar-refractivity contribution in [2.45, 2.75) is 4.90 Å². The highest BCUT2D eigenvalue weighted by Crippen LogP contribution is 2.20. The Morgan fingerprint density at radius 3 is 2.11 bits per heavy atom. The van der Waals surface area contributed by atoms with Crippen molar-refractivity contribution in [2.24, 2.45) is 0 Å². The van der Waals surface area contributed by atoms with Crippen molar-refractivity contribution in [2.75, 3.05) is 0 Å². The monoisotopic (exact) mass is 293 g/mol. The van der Waals surface area contributed by atoms with E-state index in [2.05, 4.69) is 0 Å². The van der Waals surface area contributed by atoms with E-state index in [0.29, 0.717) is 10.6 Å². The van der Waals surface area contributed by atoms with Crippen LogP contribution in [-0.2, 0) is 10.1 Å². The van der Waals surface area contributed by atoms with Crippen molar-refractivity contribution >= 4 is 21.7 Å². The first-order chi connectivity index (χ1) is 9.01. The minimum atomic E-state index is -3.89. The van der Waals surface area contributed by atoms with Crippen molar-refractivity contribution in [1.29, 1.82) is 5.26 Å². The van der Waals surface area contributed by atoms with Gasteiger partial charge in [0.1, 0.15) is 10.6 Å². The molecular formula is C13H8ClNO3S. The number of hydrogen-bond acceptors (Lipinski definition) is 4. The SMILES string of the molecule is N#Cc1ccc(OS(=O)(=O)c2ccc(Cl)cc2)cc1. The number of halogens is 1. The topological polar surface area (TPSA) is 67.2 Å². The van der Waals surface area contributed by atoms with Crippen molar-refractivity contribution < 1.29 is 12.6 Å². The molecule has 4 nitrogen and oxygen atoms in total. The fraction of sp³-hybridized carbons (Fsp3) is 0. The third-order valence-corrected chi connectivity index (χ3v) is 3.81.